The van der Waals surface area contributed by atoms with Crippen LogP contribution in [-0.4, -0.2) is 51.6 Å². The van der Waals surface area contributed by atoms with Gasteiger partial charge in [0.2, 0.25) is 0 Å². The van der Waals surface area contributed by atoms with E-state index in [-0.39, 0.29) is 36.5 Å². The van der Waals surface area contributed by atoms with E-state index in [1.54, 1.807) is 32.4 Å². The molecular weight excluding hydrogens is 439 g/mol. The van der Waals surface area contributed by atoms with E-state index in [1.807, 2.05) is 13.8 Å². The Morgan fingerprint density at radius 2 is 1.40 bits per heavy atom. The first-order valence-corrected chi connectivity index (χ1v) is 9.16. The minimum Gasteiger partial charge on any atom is -0.462 e. The number of hydrogen-bond acceptors (Lipinski definition) is 6. The molecule has 6 nitrogen and oxygen atoms in total. The number of benzene rings is 1. The second-order valence-corrected chi connectivity index (χ2v) is 6.88. The van der Waals surface area contributed by atoms with E-state index in [4.69, 9.17) is 18.9 Å². The molecule has 0 aliphatic rings. The van der Waals surface area contributed by atoms with Gasteiger partial charge < -0.3 is 18.9 Å². The lowest BCUT2D eigenvalue weighted by Gasteiger charge is -2.13. The molecule has 25 heavy (non-hydrogen) atoms. The maximum atomic E-state index is 12.3. The van der Waals surface area contributed by atoms with Gasteiger partial charge >= 0.3 is 11.9 Å². The molecule has 0 amide bonds. The summed E-state index contributed by atoms with van der Waals surface area (Å²) in [6, 6.07) is 4.95. The summed E-state index contributed by atoms with van der Waals surface area (Å²) < 4.78 is 21.6. The van der Waals surface area contributed by atoms with Gasteiger partial charge in [-0.2, -0.15) is 0 Å². The molecule has 0 unspecified atom stereocenters. The minimum atomic E-state index is -0.545. The van der Waals surface area contributed by atoms with Gasteiger partial charge in [-0.1, -0.05) is 0 Å². The van der Waals surface area contributed by atoms with Crippen LogP contribution in [0.15, 0.2) is 18.2 Å². The monoisotopic (exact) mass is 464 g/mol. The largest absolute Gasteiger partial charge is 0.462 e. The van der Waals surface area contributed by atoms with Crippen LogP contribution in [0.5, 0.6) is 0 Å². The standard InChI is InChI=1S/C18H25IO6/c1-12(22-3)7-9-24-17(20)15-6-5-14(19)11-16(15)18(21)25-10-8-13(2)23-4/h5-6,11-13H,7-10H2,1-4H3/t12-,13-/m0/s1. The van der Waals surface area contributed by atoms with E-state index in [0.29, 0.717) is 12.8 Å². The van der Waals surface area contributed by atoms with E-state index < -0.39 is 11.9 Å². The quantitative estimate of drug-likeness (QED) is 0.390. The van der Waals surface area contributed by atoms with Crippen molar-refractivity contribution in [3.63, 3.8) is 0 Å². The fourth-order valence-electron chi connectivity index (χ4n) is 1.89. The van der Waals surface area contributed by atoms with Gasteiger partial charge in [0.05, 0.1) is 36.5 Å². The van der Waals surface area contributed by atoms with Gasteiger partial charge in [-0.15, -0.1) is 0 Å². The Kier molecular flexibility index (Phi) is 9.99. The number of rotatable bonds is 10. The molecule has 0 aliphatic heterocycles. The fraction of sp³-hybridized carbons (Fsp3) is 0.556. The van der Waals surface area contributed by atoms with E-state index in [1.165, 1.54) is 0 Å². The lowest BCUT2D eigenvalue weighted by molar-refractivity contribution is 0.0347. The third kappa shape index (κ3) is 7.70. The van der Waals surface area contributed by atoms with E-state index in [0.717, 1.165) is 3.57 Å². The highest BCUT2D eigenvalue weighted by Gasteiger charge is 2.20. The van der Waals surface area contributed by atoms with Crippen molar-refractivity contribution in [1.82, 2.24) is 0 Å². The summed E-state index contributed by atoms with van der Waals surface area (Å²) in [7, 11) is 3.20. The first-order valence-electron chi connectivity index (χ1n) is 8.08. The number of esters is 2. The highest BCUT2D eigenvalue weighted by atomic mass is 127. The Morgan fingerprint density at radius 3 is 1.88 bits per heavy atom. The number of methoxy groups -OCH3 is 2. The predicted molar refractivity (Wildman–Crippen MR) is 102 cm³/mol. The van der Waals surface area contributed by atoms with Gasteiger partial charge in [0.25, 0.3) is 0 Å². The highest BCUT2D eigenvalue weighted by molar-refractivity contribution is 14.1. The summed E-state index contributed by atoms with van der Waals surface area (Å²) in [4.78, 5) is 24.6. The Labute approximate surface area is 162 Å². The molecule has 1 aromatic carbocycles. The summed E-state index contributed by atoms with van der Waals surface area (Å²) in [5, 5.41) is 0. The first-order chi connectivity index (χ1) is 11.9. The molecule has 0 bridgehead atoms. The van der Waals surface area contributed by atoms with E-state index in [9.17, 15) is 9.59 Å². The van der Waals surface area contributed by atoms with Crippen molar-refractivity contribution in [3.05, 3.63) is 32.9 Å². The summed E-state index contributed by atoms with van der Waals surface area (Å²) in [6.07, 6.45) is 1.16. The van der Waals surface area contributed by atoms with E-state index in [2.05, 4.69) is 22.6 Å². The third-order valence-electron chi connectivity index (χ3n) is 3.74. The molecule has 0 spiro atoms. The molecule has 0 saturated heterocycles. The van der Waals surface area contributed by atoms with Crippen molar-refractivity contribution in [2.45, 2.75) is 38.9 Å². The normalized spacial score (nSPS) is 13.2. The predicted octanol–water partition coefficient (Wildman–Crippen LogP) is 3.45. The molecular formula is C18H25IO6. The first kappa shape index (κ1) is 21.9. The van der Waals surface area contributed by atoms with Crippen molar-refractivity contribution in [2.75, 3.05) is 27.4 Å². The van der Waals surface area contributed by atoms with Crippen LogP contribution in [0.3, 0.4) is 0 Å². The number of carbonyl (C=O) groups is 2. The lowest BCUT2D eigenvalue weighted by Crippen LogP contribution is -2.18. The van der Waals surface area contributed by atoms with Crippen molar-refractivity contribution in [3.8, 4) is 0 Å². The van der Waals surface area contributed by atoms with E-state index >= 15 is 0 Å². The summed E-state index contributed by atoms with van der Waals surface area (Å²) in [5.74, 6) is -1.09. The van der Waals surface area contributed by atoms with Crippen molar-refractivity contribution < 1.29 is 28.5 Å². The minimum absolute atomic E-state index is 0.00303. The average Bonchev–Trinajstić information content (AvgIpc) is 2.60. The van der Waals surface area contributed by atoms with Gasteiger partial charge in [0.1, 0.15) is 0 Å². The van der Waals surface area contributed by atoms with Gasteiger partial charge in [0, 0.05) is 30.6 Å². The average molecular weight is 464 g/mol. The summed E-state index contributed by atoms with van der Waals surface area (Å²) in [6.45, 7) is 4.23. The molecule has 140 valence electrons. The van der Waals surface area contributed by atoms with Crippen molar-refractivity contribution in [2.24, 2.45) is 0 Å². The van der Waals surface area contributed by atoms with Crippen LogP contribution in [0.4, 0.5) is 0 Å². The van der Waals surface area contributed by atoms with Gasteiger partial charge in [-0.3, -0.25) is 0 Å². The number of hydrogen-bond donors (Lipinski definition) is 0. The number of ether oxygens (including phenoxy) is 4. The molecule has 1 rings (SSSR count). The maximum Gasteiger partial charge on any atom is 0.339 e. The zero-order valence-electron chi connectivity index (χ0n) is 15.0. The molecule has 0 saturated carbocycles. The lowest BCUT2D eigenvalue weighted by atomic mass is 10.1. The van der Waals surface area contributed by atoms with Crippen LogP contribution in [0.25, 0.3) is 0 Å². The molecule has 2 atom stereocenters. The van der Waals surface area contributed by atoms with Crippen LogP contribution >= 0.6 is 22.6 Å². The Morgan fingerprint density at radius 1 is 0.920 bits per heavy atom. The fourth-order valence-corrected chi connectivity index (χ4v) is 2.38. The molecule has 0 N–H and O–H groups in total. The maximum absolute atomic E-state index is 12.3. The molecule has 0 aliphatic carbocycles. The second-order valence-electron chi connectivity index (χ2n) is 5.63. The van der Waals surface area contributed by atoms with Crippen LogP contribution < -0.4 is 0 Å². The number of carbonyl (C=O) groups excluding carboxylic acids is 2. The van der Waals surface area contributed by atoms with Crippen LogP contribution in [0.1, 0.15) is 47.4 Å². The zero-order valence-corrected chi connectivity index (χ0v) is 17.2. The molecule has 7 heteroatoms. The molecule has 0 heterocycles. The molecule has 0 aromatic heterocycles. The second kappa shape index (κ2) is 11.4. The smallest absolute Gasteiger partial charge is 0.339 e. The topological polar surface area (TPSA) is 71.1 Å². The highest BCUT2D eigenvalue weighted by Crippen LogP contribution is 2.17. The molecule has 1 aromatic rings. The van der Waals surface area contributed by atoms with Crippen molar-refractivity contribution in [1.29, 1.82) is 0 Å². The zero-order chi connectivity index (χ0) is 18.8. The number of halogens is 1. The van der Waals surface area contributed by atoms with Gasteiger partial charge in [-0.05, 0) is 54.6 Å². The van der Waals surface area contributed by atoms with Crippen LogP contribution in [0.2, 0.25) is 0 Å². The molecule has 0 radical (unpaired) electrons. The van der Waals surface area contributed by atoms with Crippen LogP contribution in [0, 0.1) is 3.57 Å². The van der Waals surface area contributed by atoms with Gasteiger partial charge in [-0.25, -0.2) is 9.59 Å². The Hall–Kier alpha value is -1.19. The SMILES string of the molecule is CO[C@@H](C)CCOC(=O)c1ccc(I)cc1C(=O)OCC[C@H](C)OC. The van der Waals surface area contributed by atoms with Crippen molar-refractivity contribution >= 4 is 34.5 Å². The third-order valence-corrected chi connectivity index (χ3v) is 4.41. The molecule has 0 fully saturated rings. The summed E-state index contributed by atoms with van der Waals surface area (Å²) >= 11 is 2.08. The summed E-state index contributed by atoms with van der Waals surface area (Å²) in [5.41, 5.74) is 0.414. The van der Waals surface area contributed by atoms with Gasteiger partial charge in [0.15, 0.2) is 0 Å². The van der Waals surface area contributed by atoms with Crippen LogP contribution in [-0.2, 0) is 18.9 Å². The Bertz CT molecular complexity index is 575. The Balaban J connectivity index is 2.73.